The van der Waals surface area contributed by atoms with Crippen molar-refractivity contribution in [3.63, 3.8) is 0 Å². The van der Waals surface area contributed by atoms with Crippen LogP contribution in [-0.2, 0) is 14.8 Å². The minimum absolute atomic E-state index is 0.0844. The molecule has 3 rings (SSSR count). The Hall–Kier alpha value is -2.65. The summed E-state index contributed by atoms with van der Waals surface area (Å²) in [7, 11) is -4.17. The van der Waals surface area contributed by atoms with Crippen molar-refractivity contribution in [1.82, 2.24) is 10.2 Å². The normalized spacial score (nSPS) is 14.6. The number of hydrogen-bond donors (Lipinski definition) is 2. The third-order valence-electron chi connectivity index (χ3n) is 4.94. The first-order valence-electron chi connectivity index (χ1n) is 9.90. The van der Waals surface area contributed by atoms with Crippen molar-refractivity contribution < 1.29 is 22.4 Å². The van der Waals surface area contributed by atoms with Crippen LogP contribution in [0.4, 0.5) is 10.1 Å². The first-order valence-corrected chi connectivity index (χ1v) is 11.8. The van der Waals surface area contributed by atoms with Crippen LogP contribution in [0.5, 0.6) is 0 Å². The zero-order valence-electron chi connectivity index (χ0n) is 16.7. The molecular weight excluding hydrogens is 445 g/mol. The second kappa shape index (κ2) is 10.1. The number of amides is 2. The number of halogens is 2. The molecule has 1 aliphatic rings. The van der Waals surface area contributed by atoms with Crippen molar-refractivity contribution in [2.45, 2.75) is 30.6 Å². The van der Waals surface area contributed by atoms with Gasteiger partial charge in [0.2, 0.25) is 5.91 Å². The maximum atomic E-state index is 13.9. The Morgan fingerprint density at radius 3 is 2.26 bits per heavy atom. The molecule has 2 aromatic carbocycles. The highest BCUT2D eigenvalue weighted by Crippen LogP contribution is 2.22. The summed E-state index contributed by atoms with van der Waals surface area (Å²) >= 11 is 5.65. The third kappa shape index (κ3) is 6.18. The molecule has 1 fully saturated rings. The van der Waals surface area contributed by atoms with Crippen molar-refractivity contribution in [3.8, 4) is 0 Å². The van der Waals surface area contributed by atoms with E-state index in [0.717, 1.165) is 37.8 Å². The Kier molecular flexibility index (Phi) is 7.50. The fourth-order valence-corrected chi connectivity index (χ4v) is 4.56. The smallest absolute Gasteiger partial charge is 0.264 e. The lowest BCUT2D eigenvalue weighted by molar-refractivity contribution is -0.130. The highest BCUT2D eigenvalue weighted by Gasteiger charge is 2.20. The average molecular weight is 468 g/mol. The first kappa shape index (κ1) is 23.0. The molecule has 1 saturated heterocycles. The summed E-state index contributed by atoms with van der Waals surface area (Å²) in [5, 5.41) is 2.68. The van der Waals surface area contributed by atoms with Crippen LogP contribution < -0.4 is 10.0 Å². The van der Waals surface area contributed by atoms with E-state index in [1.807, 2.05) is 0 Å². The number of anilines is 1. The number of nitrogens with one attached hydrogen (secondary N) is 2. The zero-order valence-corrected chi connectivity index (χ0v) is 18.3. The maximum Gasteiger partial charge on any atom is 0.264 e. The SMILES string of the molecule is O=C(NCC(=O)N1CCCCCC1)c1ccc(NS(=O)(=O)c2ccc(Cl)cc2F)cc1. The molecule has 0 unspecified atom stereocenters. The fraction of sp³-hybridized carbons (Fsp3) is 0.333. The van der Waals surface area contributed by atoms with Crippen LogP contribution in [-0.4, -0.2) is 44.8 Å². The number of rotatable bonds is 6. The van der Waals surface area contributed by atoms with Crippen LogP contribution in [0.1, 0.15) is 36.0 Å². The minimum Gasteiger partial charge on any atom is -0.343 e. The van der Waals surface area contributed by atoms with Gasteiger partial charge in [0.25, 0.3) is 15.9 Å². The van der Waals surface area contributed by atoms with E-state index in [9.17, 15) is 22.4 Å². The van der Waals surface area contributed by atoms with Crippen LogP contribution in [0.25, 0.3) is 0 Å². The molecule has 166 valence electrons. The molecule has 1 heterocycles. The molecule has 0 aliphatic carbocycles. The van der Waals surface area contributed by atoms with Crippen LogP contribution in [0.15, 0.2) is 47.4 Å². The van der Waals surface area contributed by atoms with Gasteiger partial charge < -0.3 is 10.2 Å². The van der Waals surface area contributed by atoms with E-state index in [0.29, 0.717) is 13.1 Å². The summed E-state index contributed by atoms with van der Waals surface area (Å²) in [5.74, 6) is -1.53. The lowest BCUT2D eigenvalue weighted by Crippen LogP contribution is -2.40. The average Bonchev–Trinajstić information content (AvgIpc) is 3.01. The lowest BCUT2D eigenvalue weighted by atomic mass is 10.2. The summed E-state index contributed by atoms with van der Waals surface area (Å²) in [6.45, 7) is 1.32. The van der Waals surface area contributed by atoms with Gasteiger partial charge in [0, 0.05) is 29.4 Å². The molecule has 0 radical (unpaired) electrons. The third-order valence-corrected chi connectivity index (χ3v) is 6.59. The number of carbonyl (C=O) groups is 2. The molecule has 1 aliphatic heterocycles. The summed E-state index contributed by atoms with van der Waals surface area (Å²) < 4.78 is 41.0. The van der Waals surface area contributed by atoms with Crippen molar-refractivity contribution in [1.29, 1.82) is 0 Å². The Morgan fingerprint density at radius 1 is 1.00 bits per heavy atom. The van der Waals surface area contributed by atoms with E-state index in [2.05, 4.69) is 10.0 Å². The highest BCUT2D eigenvalue weighted by atomic mass is 35.5. The van der Waals surface area contributed by atoms with Gasteiger partial charge in [0.05, 0.1) is 6.54 Å². The predicted molar refractivity (Wildman–Crippen MR) is 116 cm³/mol. The molecule has 2 amide bonds. The van der Waals surface area contributed by atoms with E-state index >= 15 is 0 Å². The van der Waals surface area contributed by atoms with Gasteiger partial charge in [-0.3, -0.25) is 14.3 Å². The van der Waals surface area contributed by atoms with E-state index in [4.69, 9.17) is 11.6 Å². The zero-order chi connectivity index (χ0) is 22.4. The Labute approximate surface area is 185 Å². The number of carbonyl (C=O) groups excluding carboxylic acids is 2. The van der Waals surface area contributed by atoms with Crippen LogP contribution in [0.3, 0.4) is 0 Å². The van der Waals surface area contributed by atoms with Crippen LogP contribution >= 0.6 is 11.6 Å². The molecule has 31 heavy (non-hydrogen) atoms. The molecule has 0 bridgehead atoms. The molecular formula is C21H23ClFN3O4S. The Balaban J connectivity index is 1.59. The van der Waals surface area contributed by atoms with Gasteiger partial charge in [-0.15, -0.1) is 0 Å². The van der Waals surface area contributed by atoms with Crippen molar-refractivity contribution in [2.24, 2.45) is 0 Å². The van der Waals surface area contributed by atoms with E-state index in [-0.39, 0.29) is 28.7 Å². The van der Waals surface area contributed by atoms with Crippen LogP contribution in [0, 0.1) is 5.82 Å². The summed E-state index contributed by atoms with van der Waals surface area (Å²) in [4.78, 5) is 25.8. The van der Waals surface area contributed by atoms with Gasteiger partial charge in [0.1, 0.15) is 10.7 Å². The largest absolute Gasteiger partial charge is 0.343 e. The molecule has 7 nitrogen and oxygen atoms in total. The molecule has 0 atom stereocenters. The summed E-state index contributed by atoms with van der Waals surface area (Å²) in [5.41, 5.74) is 0.427. The molecule has 2 N–H and O–H groups in total. The lowest BCUT2D eigenvalue weighted by Gasteiger charge is -2.20. The number of nitrogens with zero attached hydrogens (tertiary/aromatic N) is 1. The van der Waals surface area contributed by atoms with E-state index in [1.165, 1.54) is 30.3 Å². The first-order chi connectivity index (χ1) is 14.8. The van der Waals surface area contributed by atoms with Gasteiger partial charge in [-0.25, -0.2) is 12.8 Å². The number of sulfonamides is 1. The molecule has 0 spiro atoms. The summed E-state index contributed by atoms with van der Waals surface area (Å²) in [6.07, 6.45) is 4.15. The predicted octanol–water partition coefficient (Wildman–Crippen LogP) is 3.41. The summed E-state index contributed by atoms with van der Waals surface area (Å²) in [6, 6.07) is 8.87. The minimum atomic E-state index is -4.17. The Morgan fingerprint density at radius 2 is 1.65 bits per heavy atom. The number of benzene rings is 2. The molecule has 0 aromatic heterocycles. The Bertz CT molecular complexity index is 1050. The van der Waals surface area contributed by atoms with Crippen LogP contribution in [0.2, 0.25) is 5.02 Å². The van der Waals surface area contributed by atoms with Gasteiger partial charge >= 0.3 is 0 Å². The number of likely N-dealkylation sites (tertiary alicyclic amines) is 1. The number of hydrogen-bond acceptors (Lipinski definition) is 4. The van der Waals surface area contributed by atoms with E-state index in [1.54, 1.807) is 4.90 Å². The maximum absolute atomic E-state index is 13.9. The standard InChI is InChI=1S/C21H23ClFN3O4S/c22-16-7-10-19(18(23)13-16)31(29,30)25-17-8-5-15(6-9-17)21(28)24-14-20(27)26-11-3-1-2-4-12-26/h5-10,13,25H,1-4,11-12,14H2,(H,24,28). The second-order valence-electron chi connectivity index (χ2n) is 7.24. The fourth-order valence-electron chi connectivity index (χ4n) is 3.28. The molecule has 0 saturated carbocycles. The van der Waals surface area contributed by atoms with Crippen molar-refractivity contribution in [2.75, 3.05) is 24.4 Å². The van der Waals surface area contributed by atoms with Gasteiger partial charge in [0.15, 0.2) is 0 Å². The van der Waals surface area contributed by atoms with Crippen molar-refractivity contribution >= 4 is 39.1 Å². The van der Waals surface area contributed by atoms with Gasteiger partial charge in [-0.2, -0.15) is 0 Å². The molecule has 10 heteroatoms. The monoisotopic (exact) mass is 467 g/mol. The quantitative estimate of drug-likeness (QED) is 0.680. The van der Waals surface area contributed by atoms with Gasteiger partial charge in [-0.05, 0) is 55.3 Å². The molecule has 2 aromatic rings. The topological polar surface area (TPSA) is 95.6 Å². The second-order valence-corrected chi connectivity index (χ2v) is 9.32. The highest BCUT2D eigenvalue weighted by molar-refractivity contribution is 7.92. The van der Waals surface area contributed by atoms with Gasteiger partial charge in [-0.1, -0.05) is 24.4 Å². The van der Waals surface area contributed by atoms with E-state index < -0.39 is 26.6 Å². The van der Waals surface area contributed by atoms with Crippen molar-refractivity contribution in [3.05, 3.63) is 58.9 Å².